The highest BCUT2D eigenvalue weighted by molar-refractivity contribution is 7.85. The first-order valence-electron chi connectivity index (χ1n) is 17.8. The van der Waals surface area contributed by atoms with Crippen LogP contribution in [0.1, 0.15) is 162 Å². The summed E-state index contributed by atoms with van der Waals surface area (Å²) >= 11 is 0. The number of amides is 1. The van der Waals surface area contributed by atoms with Crippen LogP contribution in [0.2, 0.25) is 0 Å². The van der Waals surface area contributed by atoms with Gasteiger partial charge in [0.2, 0.25) is 5.91 Å². The molecule has 0 spiro atoms. The van der Waals surface area contributed by atoms with E-state index < -0.39 is 28.0 Å². The highest BCUT2D eigenvalue weighted by Gasteiger charge is 2.26. The van der Waals surface area contributed by atoms with Crippen molar-refractivity contribution in [2.75, 3.05) is 5.75 Å². The van der Waals surface area contributed by atoms with Crippen LogP contribution in [0, 0.1) is 0 Å². The van der Waals surface area contributed by atoms with Crippen LogP contribution in [0.4, 0.5) is 0 Å². The molecule has 7 heteroatoms. The molecule has 0 aromatic rings. The van der Waals surface area contributed by atoms with E-state index in [2.05, 4.69) is 67.8 Å². The molecule has 0 heterocycles. The molecule has 0 radical (unpaired) electrons. The summed E-state index contributed by atoms with van der Waals surface area (Å²) in [6, 6.07) is -0.983. The molecule has 3 N–H and O–H groups in total. The normalized spacial score (nSPS) is 14.0. The van der Waals surface area contributed by atoms with Gasteiger partial charge in [-0.05, 0) is 51.4 Å². The van der Waals surface area contributed by atoms with Crippen molar-refractivity contribution in [2.24, 2.45) is 0 Å². The van der Waals surface area contributed by atoms with E-state index in [4.69, 9.17) is 0 Å². The molecular formula is C37H67NO5S. The van der Waals surface area contributed by atoms with Gasteiger partial charge < -0.3 is 10.4 Å². The minimum absolute atomic E-state index is 0.272. The van der Waals surface area contributed by atoms with Gasteiger partial charge in [0, 0.05) is 6.42 Å². The fourth-order valence-corrected chi connectivity index (χ4v) is 5.91. The van der Waals surface area contributed by atoms with Crippen molar-refractivity contribution in [3.8, 4) is 0 Å². The largest absolute Gasteiger partial charge is 0.391 e. The summed E-state index contributed by atoms with van der Waals surface area (Å²) in [5, 5.41) is 13.3. The van der Waals surface area contributed by atoms with Crippen LogP contribution < -0.4 is 5.32 Å². The summed E-state index contributed by atoms with van der Waals surface area (Å²) in [6.07, 6.45) is 40.5. The number of aliphatic hydroxyl groups is 1. The van der Waals surface area contributed by atoms with E-state index in [-0.39, 0.29) is 12.3 Å². The first kappa shape index (κ1) is 42.3. The first-order chi connectivity index (χ1) is 21.3. The summed E-state index contributed by atoms with van der Waals surface area (Å²) in [7, 11) is -4.31. The summed E-state index contributed by atoms with van der Waals surface area (Å²) < 4.78 is 32.4. The zero-order valence-corrected chi connectivity index (χ0v) is 29.1. The van der Waals surface area contributed by atoms with Crippen LogP contribution in [0.3, 0.4) is 0 Å². The lowest BCUT2D eigenvalue weighted by molar-refractivity contribution is -0.122. The Morgan fingerprint density at radius 2 is 1.09 bits per heavy atom. The van der Waals surface area contributed by atoms with E-state index in [1.807, 2.05) is 0 Å². The Kier molecular flexibility index (Phi) is 30.1. The zero-order chi connectivity index (χ0) is 32.6. The number of carbonyl (C=O) groups excluding carboxylic acids is 1. The second-order valence-corrected chi connectivity index (χ2v) is 13.6. The summed E-state index contributed by atoms with van der Waals surface area (Å²) in [5.74, 6) is -0.932. The molecule has 0 aliphatic rings. The van der Waals surface area contributed by atoms with E-state index in [1.165, 1.54) is 57.8 Å². The standard InChI is InChI=1S/C37H67NO5S/c1-3-5-7-9-11-13-15-17-18-19-20-21-23-25-27-29-31-33-37(40)38-35(34-44(41,42)43)36(39)32-30-28-26-24-22-16-14-12-10-8-6-4-2/h5,7,11,13,17-18,20-21,35-36,39H,3-4,6,8-10,12,14-16,19,22-34H2,1-2H3,(H,38,40)(H,41,42,43)/b7-5-,13-11-,18-17-,21-20-. The quantitative estimate of drug-likeness (QED) is 0.0399. The van der Waals surface area contributed by atoms with E-state index in [9.17, 15) is 22.9 Å². The maximum absolute atomic E-state index is 12.5. The molecule has 44 heavy (non-hydrogen) atoms. The van der Waals surface area contributed by atoms with Gasteiger partial charge in [-0.25, -0.2) is 0 Å². The molecule has 6 nitrogen and oxygen atoms in total. The highest BCUT2D eigenvalue weighted by atomic mass is 32.2. The lowest BCUT2D eigenvalue weighted by atomic mass is 10.0. The number of carbonyl (C=O) groups is 1. The molecule has 0 fully saturated rings. The summed E-state index contributed by atoms with van der Waals surface area (Å²) in [5.41, 5.74) is 0. The van der Waals surface area contributed by atoms with Gasteiger partial charge in [-0.15, -0.1) is 0 Å². The van der Waals surface area contributed by atoms with Gasteiger partial charge in [-0.1, -0.05) is 152 Å². The van der Waals surface area contributed by atoms with Crippen molar-refractivity contribution < 1.29 is 22.9 Å². The van der Waals surface area contributed by atoms with Gasteiger partial charge in [-0.3, -0.25) is 9.35 Å². The highest BCUT2D eigenvalue weighted by Crippen LogP contribution is 2.15. The van der Waals surface area contributed by atoms with Gasteiger partial charge in [0.05, 0.1) is 17.9 Å². The third-order valence-electron chi connectivity index (χ3n) is 7.80. The molecule has 1 amide bonds. The van der Waals surface area contributed by atoms with Crippen LogP contribution in [0.5, 0.6) is 0 Å². The Balaban J connectivity index is 4.01. The van der Waals surface area contributed by atoms with Crippen molar-refractivity contribution in [3.05, 3.63) is 48.6 Å². The minimum atomic E-state index is -4.31. The van der Waals surface area contributed by atoms with Crippen LogP contribution in [-0.4, -0.2) is 41.9 Å². The molecule has 256 valence electrons. The predicted molar refractivity (Wildman–Crippen MR) is 188 cm³/mol. The molecule has 2 unspecified atom stereocenters. The molecule has 0 saturated carbocycles. The fraction of sp³-hybridized carbons (Fsp3) is 0.757. The van der Waals surface area contributed by atoms with E-state index in [0.717, 1.165) is 70.6 Å². The molecule has 0 aliphatic carbocycles. The SMILES string of the molecule is CC/C=C\C/C=C\C/C=C\C/C=C\CCCCCCC(=O)NC(CS(=O)(=O)O)C(O)CCCCCCCCCCCCCC. The Morgan fingerprint density at radius 1 is 0.636 bits per heavy atom. The minimum Gasteiger partial charge on any atom is -0.391 e. The topological polar surface area (TPSA) is 104 Å². The second kappa shape index (κ2) is 31.3. The lowest BCUT2D eigenvalue weighted by Gasteiger charge is -2.23. The van der Waals surface area contributed by atoms with Crippen LogP contribution in [0.15, 0.2) is 48.6 Å². The number of aliphatic hydroxyl groups excluding tert-OH is 1. The summed E-state index contributed by atoms with van der Waals surface area (Å²) in [4.78, 5) is 12.5. The van der Waals surface area contributed by atoms with Crippen LogP contribution >= 0.6 is 0 Å². The Labute approximate surface area is 271 Å². The predicted octanol–water partition coefficient (Wildman–Crippen LogP) is 9.96. The van der Waals surface area contributed by atoms with Crippen molar-refractivity contribution in [1.29, 1.82) is 0 Å². The maximum atomic E-state index is 12.5. The average molecular weight is 638 g/mol. The lowest BCUT2D eigenvalue weighted by Crippen LogP contribution is -2.47. The van der Waals surface area contributed by atoms with E-state index >= 15 is 0 Å². The van der Waals surface area contributed by atoms with Crippen molar-refractivity contribution >= 4 is 16.0 Å². The Morgan fingerprint density at radius 3 is 1.61 bits per heavy atom. The molecule has 2 atom stereocenters. The molecule has 0 bridgehead atoms. The first-order valence-corrected chi connectivity index (χ1v) is 19.4. The average Bonchev–Trinajstić information content (AvgIpc) is 2.98. The number of nitrogens with one attached hydrogen (secondary N) is 1. The second-order valence-electron chi connectivity index (χ2n) is 12.1. The van der Waals surface area contributed by atoms with Gasteiger partial charge >= 0.3 is 0 Å². The molecule has 0 aromatic heterocycles. The fourth-order valence-electron chi connectivity index (χ4n) is 5.15. The number of hydrogen-bond donors (Lipinski definition) is 3. The van der Waals surface area contributed by atoms with Crippen molar-refractivity contribution in [3.63, 3.8) is 0 Å². The van der Waals surface area contributed by atoms with Gasteiger partial charge in [0.15, 0.2) is 0 Å². The van der Waals surface area contributed by atoms with Crippen LogP contribution in [0.25, 0.3) is 0 Å². The van der Waals surface area contributed by atoms with Gasteiger partial charge in [0.25, 0.3) is 10.1 Å². The molecule has 0 aliphatic heterocycles. The smallest absolute Gasteiger partial charge is 0.266 e. The van der Waals surface area contributed by atoms with E-state index in [1.54, 1.807) is 0 Å². The number of rotatable bonds is 31. The number of allylic oxidation sites excluding steroid dienone is 8. The Hall–Kier alpha value is -1.70. The van der Waals surface area contributed by atoms with Gasteiger partial charge in [-0.2, -0.15) is 8.42 Å². The third-order valence-corrected chi connectivity index (χ3v) is 8.58. The molecular weight excluding hydrogens is 570 g/mol. The molecule has 0 rings (SSSR count). The van der Waals surface area contributed by atoms with Crippen molar-refractivity contribution in [1.82, 2.24) is 5.32 Å². The zero-order valence-electron chi connectivity index (χ0n) is 28.3. The molecule has 0 saturated heterocycles. The van der Waals surface area contributed by atoms with E-state index in [0.29, 0.717) is 12.8 Å². The number of hydrogen-bond acceptors (Lipinski definition) is 4. The van der Waals surface area contributed by atoms with Gasteiger partial charge in [0.1, 0.15) is 0 Å². The third kappa shape index (κ3) is 31.7. The Bertz CT molecular complexity index is 878. The maximum Gasteiger partial charge on any atom is 0.266 e. The monoisotopic (exact) mass is 637 g/mol. The van der Waals surface area contributed by atoms with Crippen molar-refractivity contribution in [2.45, 2.75) is 174 Å². The molecule has 0 aromatic carbocycles. The number of unbranched alkanes of at least 4 members (excludes halogenated alkanes) is 15. The van der Waals surface area contributed by atoms with Crippen LogP contribution in [-0.2, 0) is 14.9 Å². The summed E-state index contributed by atoms with van der Waals surface area (Å²) in [6.45, 7) is 4.38.